The lowest BCUT2D eigenvalue weighted by atomic mass is 10.1. The molecule has 1 atom stereocenters. The zero-order valence-corrected chi connectivity index (χ0v) is 24.1. The Labute approximate surface area is 245 Å². The van der Waals surface area contributed by atoms with Gasteiger partial charge in [0.05, 0.1) is 30.2 Å². The molecule has 0 saturated carbocycles. The average molecular weight is 583 g/mol. The van der Waals surface area contributed by atoms with E-state index in [0.29, 0.717) is 22.3 Å². The molecule has 1 saturated heterocycles. The SMILES string of the molecule is COc1ccc2ccc(S(=O)(=O)N([C@H]3CCN(Cc4cccc(C#N)c4)C3=O)N(Cc3ccccc3)C(C)=O)cc2c1. The molecule has 4 aromatic carbocycles. The number of amides is 2. The van der Waals surface area contributed by atoms with Gasteiger partial charge in [0.25, 0.3) is 10.0 Å². The number of hydrazine groups is 1. The topological polar surface area (TPSA) is 111 Å². The van der Waals surface area contributed by atoms with Gasteiger partial charge in [-0.05, 0) is 64.7 Å². The number of fused-ring (bicyclic) bond motifs is 1. The molecule has 0 unspecified atom stereocenters. The number of ether oxygens (including phenoxy) is 1. The van der Waals surface area contributed by atoms with Crippen LogP contribution in [0.15, 0.2) is 95.9 Å². The second-order valence-corrected chi connectivity index (χ2v) is 11.9. The third kappa shape index (κ3) is 5.84. The van der Waals surface area contributed by atoms with E-state index in [1.54, 1.807) is 65.6 Å². The van der Waals surface area contributed by atoms with E-state index in [1.807, 2.05) is 18.2 Å². The quantitative estimate of drug-likeness (QED) is 0.269. The maximum absolute atomic E-state index is 14.4. The van der Waals surface area contributed by atoms with Crippen LogP contribution in [0.4, 0.5) is 0 Å². The maximum atomic E-state index is 14.4. The summed E-state index contributed by atoms with van der Waals surface area (Å²) in [5.74, 6) is -0.356. The second kappa shape index (κ2) is 12.0. The second-order valence-electron chi connectivity index (χ2n) is 10.1. The van der Waals surface area contributed by atoms with Crippen LogP contribution in [-0.4, -0.2) is 54.3 Å². The lowest BCUT2D eigenvalue weighted by molar-refractivity contribution is -0.147. The van der Waals surface area contributed by atoms with Crippen LogP contribution in [-0.2, 0) is 32.7 Å². The van der Waals surface area contributed by atoms with Gasteiger partial charge in [0.15, 0.2) is 0 Å². The van der Waals surface area contributed by atoms with Crippen LogP contribution in [0, 0.1) is 11.3 Å². The van der Waals surface area contributed by atoms with Crippen LogP contribution >= 0.6 is 0 Å². The molecule has 0 bridgehead atoms. The third-order valence-corrected chi connectivity index (χ3v) is 9.10. The van der Waals surface area contributed by atoms with Gasteiger partial charge in [0.2, 0.25) is 11.8 Å². The molecule has 0 radical (unpaired) electrons. The Morgan fingerprint density at radius 1 is 0.976 bits per heavy atom. The van der Waals surface area contributed by atoms with Gasteiger partial charge in [-0.2, -0.15) is 5.26 Å². The normalized spacial score (nSPS) is 15.1. The molecule has 1 heterocycles. The Morgan fingerprint density at radius 2 is 1.71 bits per heavy atom. The molecule has 10 heteroatoms. The first kappa shape index (κ1) is 28.8. The zero-order valence-electron chi connectivity index (χ0n) is 23.3. The van der Waals surface area contributed by atoms with Gasteiger partial charge in [-0.3, -0.25) is 14.6 Å². The molecule has 2 amide bonds. The summed E-state index contributed by atoms with van der Waals surface area (Å²) in [7, 11) is -2.86. The number of methoxy groups -OCH3 is 1. The molecular formula is C32H30N4O5S. The number of likely N-dealkylation sites (tertiary alicyclic amines) is 1. The highest BCUT2D eigenvalue weighted by Gasteiger charge is 2.46. The number of carbonyl (C=O) groups excluding carboxylic acids is 2. The molecular weight excluding hydrogens is 552 g/mol. The molecule has 0 aromatic heterocycles. The summed E-state index contributed by atoms with van der Waals surface area (Å²) < 4.78 is 35.2. The summed E-state index contributed by atoms with van der Waals surface area (Å²) in [6.07, 6.45) is 0.190. The van der Waals surface area contributed by atoms with Gasteiger partial charge < -0.3 is 9.64 Å². The highest BCUT2D eigenvalue weighted by molar-refractivity contribution is 7.89. The minimum Gasteiger partial charge on any atom is -0.497 e. The fraction of sp³-hybridized carbons (Fsp3) is 0.219. The van der Waals surface area contributed by atoms with E-state index < -0.39 is 27.9 Å². The van der Waals surface area contributed by atoms with Gasteiger partial charge >= 0.3 is 0 Å². The summed E-state index contributed by atoms with van der Waals surface area (Å²) in [5.41, 5.74) is 1.94. The fourth-order valence-corrected chi connectivity index (χ4v) is 6.88. The predicted octanol–water partition coefficient (Wildman–Crippen LogP) is 4.48. The monoisotopic (exact) mass is 582 g/mol. The zero-order chi connectivity index (χ0) is 29.9. The summed E-state index contributed by atoms with van der Waals surface area (Å²) in [6.45, 7) is 1.76. The molecule has 214 valence electrons. The van der Waals surface area contributed by atoms with Gasteiger partial charge in [-0.1, -0.05) is 59.0 Å². The van der Waals surface area contributed by atoms with Gasteiger partial charge in [-0.15, -0.1) is 0 Å². The Kier molecular flexibility index (Phi) is 8.24. The number of hydrogen-bond acceptors (Lipinski definition) is 6. The number of hydrogen-bond donors (Lipinski definition) is 0. The predicted molar refractivity (Wildman–Crippen MR) is 157 cm³/mol. The van der Waals surface area contributed by atoms with E-state index in [9.17, 15) is 23.3 Å². The van der Waals surface area contributed by atoms with Crippen molar-refractivity contribution in [3.8, 4) is 11.8 Å². The average Bonchev–Trinajstić information content (AvgIpc) is 3.35. The minimum atomic E-state index is -4.39. The lowest BCUT2D eigenvalue weighted by Crippen LogP contribution is -2.55. The lowest BCUT2D eigenvalue weighted by Gasteiger charge is -2.36. The van der Waals surface area contributed by atoms with E-state index in [1.165, 1.54) is 26.2 Å². The molecule has 5 rings (SSSR count). The third-order valence-electron chi connectivity index (χ3n) is 7.30. The number of rotatable bonds is 9. The van der Waals surface area contributed by atoms with Crippen molar-refractivity contribution < 1.29 is 22.7 Å². The highest BCUT2D eigenvalue weighted by Crippen LogP contribution is 2.31. The largest absolute Gasteiger partial charge is 0.497 e. The van der Waals surface area contributed by atoms with Crippen molar-refractivity contribution in [3.63, 3.8) is 0 Å². The molecule has 0 spiro atoms. The minimum absolute atomic E-state index is 0.0369. The van der Waals surface area contributed by atoms with Crippen molar-refractivity contribution >= 4 is 32.6 Å². The van der Waals surface area contributed by atoms with E-state index in [4.69, 9.17) is 4.74 Å². The van der Waals surface area contributed by atoms with E-state index >= 15 is 0 Å². The van der Waals surface area contributed by atoms with Crippen LogP contribution in [0.2, 0.25) is 0 Å². The molecule has 0 aliphatic carbocycles. The van der Waals surface area contributed by atoms with Crippen LogP contribution in [0.3, 0.4) is 0 Å². The Morgan fingerprint density at radius 3 is 2.43 bits per heavy atom. The maximum Gasteiger partial charge on any atom is 0.260 e. The van der Waals surface area contributed by atoms with E-state index in [-0.39, 0.29) is 31.0 Å². The molecule has 0 N–H and O–H groups in total. The van der Waals surface area contributed by atoms with Crippen molar-refractivity contribution in [3.05, 3.63) is 108 Å². The molecule has 1 fully saturated rings. The molecule has 1 aliphatic heterocycles. The number of benzene rings is 4. The fourth-order valence-electron chi connectivity index (χ4n) is 5.18. The van der Waals surface area contributed by atoms with Crippen molar-refractivity contribution in [1.82, 2.24) is 14.3 Å². The van der Waals surface area contributed by atoms with Gasteiger partial charge in [0.1, 0.15) is 11.8 Å². The first-order valence-corrected chi connectivity index (χ1v) is 14.9. The van der Waals surface area contributed by atoms with Crippen LogP contribution in [0.25, 0.3) is 10.8 Å². The standard InChI is InChI=1S/C32H30N4O5S/c1-23(37)35(22-24-7-4-3-5-8-24)36(31-15-16-34(32(31)38)21-26-10-6-9-25(17-26)20-33)42(39,40)30-14-12-27-11-13-29(41-2)18-28(27)19-30/h3-14,17-19,31H,15-16,21-22H2,1-2H3/t31-/m0/s1. The first-order valence-electron chi connectivity index (χ1n) is 13.4. The van der Waals surface area contributed by atoms with Gasteiger partial charge in [-0.25, -0.2) is 8.42 Å². The number of nitrogens with zero attached hydrogens (tertiary/aromatic N) is 4. The smallest absolute Gasteiger partial charge is 0.260 e. The van der Waals surface area contributed by atoms with Crippen molar-refractivity contribution in [2.24, 2.45) is 0 Å². The first-order chi connectivity index (χ1) is 20.2. The van der Waals surface area contributed by atoms with Crippen LogP contribution in [0.5, 0.6) is 5.75 Å². The van der Waals surface area contributed by atoms with E-state index in [2.05, 4.69) is 6.07 Å². The van der Waals surface area contributed by atoms with Crippen molar-refractivity contribution in [1.29, 1.82) is 5.26 Å². The van der Waals surface area contributed by atoms with Crippen molar-refractivity contribution in [2.75, 3.05) is 13.7 Å². The van der Waals surface area contributed by atoms with Crippen LogP contribution in [0.1, 0.15) is 30.0 Å². The summed E-state index contributed by atoms with van der Waals surface area (Å²) >= 11 is 0. The van der Waals surface area contributed by atoms with Crippen LogP contribution < -0.4 is 4.74 Å². The molecule has 4 aromatic rings. The molecule has 1 aliphatic rings. The molecule has 42 heavy (non-hydrogen) atoms. The summed E-state index contributed by atoms with van der Waals surface area (Å²) in [5, 5.41) is 11.9. The summed E-state index contributed by atoms with van der Waals surface area (Å²) in [6, 6.07) is 27.0. The summed E-state index contributed by atoms with van der Waals surface area (Å²) in [4.78, 5) is 28.5. The Balaban J connectivity index is 1.56. The molecule has 9 nitrogen and oxygen atoms in total. The Bertz CT molecular complexity index is 1790. The highest BCUT2D eigenvalue weighted by atomic mass is 32.2. The number of carbonyl (C=O) groups is 2. The Hall–Kier alpha value is -4.72. The number of sulfonamides is 1. The van der Waals surface area contributed by atoms with E-state index in [0.717, 1.165) is 20.4 Å². The number of nitriles is 1. The van der Waals surface area contributed by atoms with Crippen molar-refractivity contribution in [2.45, 2.75) is 37.4 Å². The van der Waals surface area contributed by atoms with Gasteiger partial charge in [0, 0.05) is 20.0 Å².